The molecule has 0 unspecified atom stereocenters. The average Bonchev–Trinajstić information content (AvgIpc) is 2.93. The molecule has 0 aliphatic rings. The van der Waals surface area contributed by atoms with Crippen molar-refractivity contribution in [2.45, 2.75) is 13.1 Å². The number of aryl methyl sites for hydroxylation is 2. The summed E-state index contributed by atoms with van der Waals surface area (Å²) in [5.41, 5.74) is 0.926. The van der Waals surface area contributed by atoms with Gasteiger partial charge in [-0.3, -0.25) is 14.5 Å². The molecule has 0 saturated heterocycles. The van der Waals surface area contributed by atoms with E-state index in [9.17, 15) is 18.0 Å². The van der Waals surface area contributed by atoms with Gasteiger partial charge >= 0.3 is 6.18 Å². The van der Waals surface area contributed by atoms with Gasteiger partial charge in [-0.05, 0) is 19.1 Å². The van der Waals surface area contributed by atoms with Crippen molar-refractivity contribution in [3.05, 3.63) is 64.6 Å². The number of carbonyl (C=O) groups excluding carboxylic acids is 1. The molecule has 1 N–H and O–H groups in total. The Morgan fingerprint density at radius 3 is 2.56 bits per heavy atom. The minimum absolute atomic E-state index is 0.142. The van der Waals surface area contributed by atoms with Crippen LogP contribution >= 0.6 is 11.6 Å². The van der Waals surface area contributed by atoms with Crippen molar-refractivity contribution in [1.29, 1.82) is 0 Å². The Balaban J connectivity index is 1.97. The van der Waals surface area contributed by atoms with Crippen molar-refractivity contribution in [2.75, 3.05) is 5.32 Å². The summed E-state index contributed by atoms with van der Waals surface area (Å²) in [6.45, 7) is 1.70. The van der Waals surface area contributed by atoms with Crippen LogP contribution in [0.2, 0.25) is 5.02 Å². The fourth-order valence-corrected chi connectivity index (χ4v) is 2.87. The molecule has 5 nitrogen and oxygen atoms in total. The quantitative estimate of drug-likeness (QED) is 0.699. The van der Waals surface area contributed by atoms with Crippen molar-refractivity contribution >= 4 is 23.2 Å². The maximum atomic E-state index is 12.8. The van der Waals surface area contributed by atoms with Gasteiger partial charge in [-0.15, -0.1) is 0 Å². The number of hydrogen-bond acceptors (Lipinski definition) is 3. The van der Waals surface area contributed by atoms with E-state index >= 15 is 0 Å². The van der Waals surface area contributed by atoms with E-state index in [1.807, 2.05) is 0 Å². The van der Waals surface area contributed by atoms with Crippen LogP contribution in [0.15, 0.2) is 42.7 Å². The summed E-state index contributed by atoms with van der Waals surface area (Å²) in [7, 11) is 1.70. The predicted molar refractivity (Wildman–Crippen MR) is 95.6 cm³/mol. The molecular formula is C18H14ClF3N4O. The zero-order valence-electron chi connectivity index (χ0n) is 14.3. The van der Waals surface area contributed by atoms with Crippen LogP contribution in [-0.2, 0) is 13.2 Å². The van der Waals surface area contributed by atoms with Gasteiger partial charge in [0.1, 0.15) is 0 Å². The summed E-state index contributed by atoms with van der Waals surface area (Å²) < 4.78 is 40.0. The molecule has 9 heteroatoms. The zero-order chi connectivity index (χ0) is 19.8. The number of para-hydroxylation sites is 1. The lowest BCUT2D eigenvalue weighted by molar-refractivity contribution is -0.137. The van der Waals surface area contributed by atoms with E-state index in [-0.39, 0.29) is 10.7 Å². The Bertz CT molecular complexity index is 1010. The van der Waals surface area contributed by atoms with Crippen LogP contribution in [0, 0.1) is 6.92 Å². The van der Waals surface area contributed by atoms with Crippen LogP contribution in [0.1, 0.15) is 21.6 Å². The molecule has 0 aliphatic heterocycles. The maximum absolute atomic E-state index is 12.8. The molecule has 0 atom stereocenters. The second kappa shape index (κ2) is 7.03. The van der Waals surface area contributed by atoms with Crippen LogP contribution in [0.3, 0.4) is 0 Å². The standard InChI is InChI=1S/C18H14ClF3N4O/c1-10-13(9-26(2)25-10)17(27)24-15-6-4-3-5-12(15)16-14(19)7-11(8-23-16)18(20,21)22/h3-9H,1-2H3,(H,24,27). The molecule has 0 radical (unpaired) electrons. The number of pyridine rings is 1. The van der Waals surface area contributed by atoms with E-state index in [0.29, 0.717) is 28.7 Å². The lowest BCUT2D eigenvalue weighted by Crippen LogP contribution is -2.13. The number of alkyl halides is 3. The smallest absolute Gasteiger partial charge is 0.321 e. The third-order valence-corrected chi connectivity index (χ3v) is 4.15. The highest BCUT2D eigenvalue weighted by Crippen LogP contribution is 2.36. The van der Waals surface area contributed by atoms with Crippen molar-refractivity contribution in [3.8, 4) is 11.3 Å². The molecular weight excluding hydrogens is 381 g/mol. The SMILES string of the molecule is Cc1nn(C)cc1C(=O)Nc1ccccc1-c1ncc(C(F)(F)F)cc1Cl. The average molecular weight is 395 g/mol. The Labute approximate surface area is 157 Å². The summed E-state index contributed by atoms with van der Waals surface area (Å²) >= 11 is 6.04. The zero-order valence-corrected chi connectivity index (χ0v) is 15.1. The molecule has 1 aromatic carbocycles. The first-order valence-electron chi connectivity index (χ1n) is 7.80. The van der Waals surface area contributed by atoms with E-state index in [1.165, 1.54) is 4.68 Å². The van der Waals surface area contributed by atoms with Gasteiger partial charge in [-0.2, -0.15) is 18.3 Å². The van der Waals surface area contributed by atoms with Gasteiger partial charge in [0, 0.05) is 25.0 Å². The van der Waals surface area contributed by atoms with Crippen molar-refractivity contribution in [3.63, 3.8) is 0 Å². The van der Waals surface area contributed by atoms with Gasteiger partial charge in [0.2, 0.25) is 0 Å². The van der Waals surface area contributed by atoms with Crippen molar-refractivity contribution < 1.29 is 18.0 Å². The fraction of sp³-hybridized carbons (Fsp3) is 0.167. The first kappa shape index (κ1) is 18.9. The number of halogens is 4. The number of anilines is 1. The predicted octanol–water partition coefficient (Wildman–Crippen LogP) is 4.72. The van der Waals surface area contributed by atoms with Crippen molar-refractivity contribution in [2.24, 2.45) is 7.05 Å². The second-order valence-electron chi connectivity index (χ2n) is 5.85. The number of carbonyl (C=O) groups is 1. The van der Waals surface area contributed by atoms with Gasteiger partial charge in [0.05, 0.1) is 33.2 Å². The second-order valence-corrected chi connectivity index (χ2v) is 6.26. The first-order chi connectivity index (χ1) is 12.7. The van der Waals surface area contributed by atoms with E-state index in [0.717, 1.165) is 6.07 Å². The number of nitrogens with zero attached hydrogens (tertiary/aromatic N) is 3. The van der Waals surface area contributed by atoms with Gasteiger partial charge in [0.15, 0.2) is 0 Å². The lowest BCUT2D eigenvalue weighted by Gasteiger charge is -2.13. The fourth-order valence-electron chi connectivity index (χ4n) is 2.60. The van der Waals surface area contributed by atoms with Crippen LogP contribution in [0.5, 0.6) is 0 Å². The molecule has 27 heavy (non-hydrogen) atoms. The largest absolute Gasteiger partial charge is 0.417 e. The van der Waals surface area contributed by atoms with Gasteiger partial charge < -0.3 is 5.32 Å². The summed E-state index contributed by atoms with van der Waals surface area (Å²) in [6, 6.07) is 7.42. The molecule has 1 amide bonds. The van der Waals surface area contributed by atoms with E-state index in [2.05, 4.69) is 15.4 Å². The number of hydrogen-bond donors (Lipinski definition) is 1. The normalized spacial score (nSPS) is 11.5. The van der Waals surface area contributed by atoms with Crippen LogP contribution < -0.4 is 5.32 Å². The van der Waals surface area contributed by atoms with Crippen LogP contribution in [0.4, 0.5) is 18.9 Å². The molecule has 3 rings (SSSR count). The third kappa shape index (κ3) is 3.95. The highest BCUT2D eigenvalue weighted by Gasteiger charge is 2.31. The summed E-state index contributed by atoms with van der Waals surface area (Å²) in [5, 5.41) is 6.69. The maximum Gasteiger partial charge on any atom is 0.417 e. The van der Waals surface area contributed by atoms with E-state index < -0.39 is 17.6 Å². The van der Waals surface area contributed by atoms with Crippen molar-refractivity contribution in [1.82, 2.24) is 14.8 Å². The highest BCUT2D eigenvalue weighted by molar-refractivity contribution is 6.33. The highest BCUT2D eigenvalue weighted by atomic mass is 35.5. The summed E-state index contributed by atoms with van der Waals surface area (Å²) in [4.78, 5) is 16.4. The first-order valence-corrected chi connectivity index (χ1v) is 8.18. The molecule has 0 aliphatic carbocycles. The van der Waals surface area contributed by atoms with Gasteiger partial charge in [0.25, 0.3) is 5.91 Å². The third-order valence-electron chi connectivity index (χ3n) is 3.86. The number of amides is 1. The van der Waals surface area contributed by atoms with E-state index in [1.54, 1.807) is 44.4 Å². The Morgan fingerprint density at radius 1 is 1.26 bits per heavy atom. The minimum Gasteiger partial charge on any atom is -0.321 e. The molecule has 0 bridgehead atoms. The van der Waals surface area contributed by atoms with Gasteiger partial charge in [-0.1, -0.05) is 29.8 Å². The molecule has 0 saturated carbocycles. The number of aromatic nitrogens is 3. The number of rotatable bonds is 3. The molecule has 0 fully saturated rings. The Morgan fingerprint density at radius 2 is 1.96 bits per heavy atom. The van der Waals surface area contributed by atoms with Gasteiger partial charge in [-0.25, -0.2) is 0 Å². The molecule has 2 aromatic heterocycles. The molecule has 140 valence electrons. The number of benzene rings is 1. The van der Waals surface area contributed by atoms with Crippen LogP contribution in [-0.4, -0.2) is 20.7 Å². The minimum atomic E-state index is -4.54. The van der Waals surface area contributed by atoms with Crippen LogP contribution in [0.25, 0.3) is 11.3 Å². The summed E-state index contributed by atoms with van der Waals surface area (Å²) in [5.74, 6) is -0.393. The monoisotopic (exact) mass is 394 g/mol. The molecule has 2 heterocycles. The van der Waals surface area contributed by atoms with E-state index in [4.69, 9.17) is 11.6 Å². The Kier molecular flexibility index (Phi) is 4.93. The topological polar surface area (TPSA) is 59.8 Å². The number of nitrogens with one attached hydrogen (secondary N) is 1. The lowest BCUT2D eigenvalue weighted by atomic mass is 10.1. The summed E-state index contributed by atoms with van der Waals surface area (Å²) in [6.07, 6.45) is -2.25. The molecule has 3 aromatic rings. The Hall–Kier alpha value is -2.87. The molecule has 0 spiro atoms.